The van der Waals surface area contributed by atoms with E-state index in [0.29, 0.717) is 25.2 Å². The molecule has 0 saturated carbocycles. The maximum atomic E-state index is 12.3. The minimum Gasteiger partial charge on any atom is -0.392 e. The molecule has 2 heterocycles. The SMILES string of the molecule is CCC1CN(/C(=N/C(N)=C(\C)C(=O)NCC(C)O)C(=N)Cl)CCN1C1CCN(Cc2ccccc2)CC1. The first-order valence-electron chi connectivity index (χ1n) is 13.2. The molecule has 204 valence electrons. The summed E-state index contributed by atoms with van der Waals surface area (Å²) in [5.41, 5.74) is 7.71. The van der Waals surface area contributed by atoms with Crippen LogP contribution in [0.15, 0.2) is 46.7 Å². The maximum absolute atomic E-state index is 12.3. The molecule has 0 radical (unpaired) electrons. The Labute approximate surface area is 225 Å². The summed E-state index contributed by atoms with van der Waals surface area (Å²) in [6, 6.07) is 11.5. The quantitative estimate of drug-likeness (QED) is 0.220. The van der Waals surface area contributed by atoms with Crippen LogP contribution >= 0.6 is 11.6 Å². The number of hydrogen-bond acceptors (Lipinski definition) is 7. The third-order valence-corrected chi connectivity index (χ3v) is 7.45. The standard InChI is InChI=1S/C27H42ClN7O2/c1-4-22-18-34(26(24(28)29)32-25(30)20(3)27(37)31-16-19(2)36)14-15-35(22)23-10-12-33(13-11-23)17-21-8-6-5-7-9-21/h5-9,19,22-23,29,36H,4,10-18,30H2,1-3H3,(H,31,37)/b25-20+,29-24?,32-26+. The summed E-state index contributed by atoms with van der Waals surface area (Å²) in [6.07, 6.45) is 2.61. The van der Waals surface area contributed by atoms with E-state index < -0.39 is 12.0 Å². The van der Waals surface area contributed by atoms with Gasteiger partial charge in [0.05, 0.1) is 11.7 Å². The number of nitrogens with two attached hydrogens (primary N) is 1. The van der Waals surface area contributed by atoms with Crippen molar-refractivity contribution in [1.82, 2.24) is 20.0 Å². The van der Waals surface area contributed by atoms with E-state index in [9.17, 15) is 9.90 Å². The second kappa shape index (κ2) is 13.9. The van der Waals surface area contributed by atoms with Gasteiger partial charge in [0.1, 0.15) is 5.82 Å². The van der Waals surface area contributed by atoms with Gasteiger partial charge in [-0.15, -0.1) is 0 Å². The lowest BCUT2D eigenvalue weighted by molar-refractivity contribution is -0.117. The lowest BCUT2D eigenvalue weighted by Gasteiger charge is -2.48. The number of aliphatic hydroxyl groups is 1. The van der Waals surface area contributed by atoms with Gasteiger partial charge >= 0.3 is 0 Å². The van der Waals surface area contributed by atoms with Crippen LogP contribution in [0.1, 0.15) is 45.6 Å². The van der Waals surface area contributed by atoms with E-state index in [-0.39, 0.29) is 28.9 Å². The van der Waals surface area contributed by atoms with Crippen LogP contribution in [-0.2, 0) is 11.3 Å². The summed E-state index contributed by atoms with van der Waals surface area (Å²) in [5.74, 6) is -0.0974. The number of likely N-dealkylation sites (tertiary alicyclic amines) is 1. The summed E-state index contributed by atoms with van der Waals surface area (Å²) in [6.45, 7) is 10.9. The summed E-state index contributed by atoms with van der Waals surface area (Å²) < 4.78 is 0. The first-order chi connectivity index (χ1) is 17.7. The molecule has 9 nitrogen and oxygen atoms in total. The number of nitrogens with zero attached hydrogens (tertiary/aromatic N) is 4. The predicted molar refractivity (Wildman–Crippen MR) is 150 cm³/mol. The van der Waals surface area contributed by atoms with Crippen molar-refractivity contribution in [3.63, 3.8) is 0 Å². The second-order valence-electron chi connectivity index (χ2n) is 10.1. The molecule has 0 aliphatic carbocycles. The van der Waals surface area contributed by atoms with Crippen LogP contribution in [0.3, 0.4) is 0 Å². The van der Waals surface area contributed by atoms with Gasteiger partial charge in [0.15, 0.2) is 11.0 Å². The Morgan fingerprint density at radius 3 is 2.51 bits per heavy atom. The van der Waals surface area contributed by atoms with Gasteiger partial charge in [0, 0.05) is 44.8 Å². The third kappa shape index (κ3) is 8.26. The van der Waals surface area contributed by atoms with Gasteiger partial charge in [-0.05, 0) is 51.8 Å². The van der Waals surface area contributed by atoms with E-state index in [1.165, 1.54) is 5.56 Å². The maximum Gasteiger partial charge on any atom is 0.250 e. The zero-order valence-electron chi connectivity index (χ0n) is 22.3. The predicted octanol–water partition coefficient (Wildman–Crippen LogP) is 2.35. The Morgan fingerprint density at radius 1 is 1.24 bits per heavy atom. The summed E-state index contributed by atoms with van der Waals surface area (Å²) in [4.78, 5) is 23.9. The van der Waals surface area contributed by atoms with Gasteiger partial charge < -0.3 is 21.1 Å². The third-order valence-electron chi connectivity index (χ3n) is 7.28. The van der Waals surface area contributed by atoms with E-state index in [1.54, 1.807) is 13.8 Å². The fourth-order valence-corrected chi connectivity index (χ4v) is 5.26. The highest BCUT2D eigenvalue weighted by Crippen LogP contribution is 2.25. The number of carbonyl (C=O) groups is 1. The molecule has 10 heteroatoms. The van der Waals surface area contributed by atoms with Crippen LogP contribution in [0.25, 0.3) is 0 Å². The zero-order valence-corrected chi connectivity index (χ0v) is 23.0. The number of aliphatic imine (C=N–C) groups is 1. The normalized spacial score (nSPS) is 21.9. The number of halogens is 1. The average molecular weight is 532 g/mol. The van der Waals surface area contributed by atoms with Gasteiger partial charge in [-0.1, -0.05) is 48.9 Å². The molecule has 3 rings (SSSR count). The lowest BCUT2D eigenvalue weighted by atomic mass is 9.97. The molecule has 1 aromatic carbocycles. The van der Waals surface area contributed by atoms with Crippen LogP contribution < -0.4 is 11.1 Å². The molecule has 0 spiro atoms. The highest BCUT2D eigenvalue weighted by molar-refractivity contribution is 6.82. The number of amidine groups is 1. The molecule has 1 amide bonds. The highest BCUT2D eigenvalue weighted by Gasteiger charge is 2.34. The number of benzene rings is 1. The monoisotopic (exact) mass is 531 g/mol. The van der Waals surface area contributed by atoms with Gasteiger partial charge in [-0.3, -0.25) is 20.0 Å². The van der Waals surface area contributed by atoms with E-state index in [1.807, 2.05) is 4.90 Å². The largest absolute Gasteiger partial charge is 0.392 e. The number of rotatable bonds is 9. The van der Waals surface area contributed by atoms with Crippen molar-refractivity contribution in [3.05, 3.63) is 47.3 Å². The number of piperidine rings is 1. The van der Waals surface area contributed by atoms with Crippen molar-refractivity contribution in [2.24, 2.45) is 10.7 Å². The molecular weight excluding hydrogens is 490 g/mol. The Morgan fingerprint density at radius 2 is 1.92 bits per heavy atom. The molecule has 2 aliphatic rings. The number of carbonyl (C=O) groups excluding carboxylic acids is 1. The molecule has 0 bridgehead atoms. The molecule has 0 aromatic heterocycles. The number of aliphatic hydroxyl groups excluding tert-OH is 1. The van der Waals surface area contributed by atoms with Gasteiger partial charge in [0.25, 0.3) is 5.91 Å². The van der Waals surface area contributed by atoms with Crippen LogP contribution in [0, 0.1) is 5.41 Å². The van der Waals surface area contributed by atoms with Crippen molar-refractivity contribution in [3.8, 4) is 0 Å². The number of hydrogen-bond donors (Lipinski definition) is 4. The minimum atomic E-state index is -0.661. The molecule has 1 aromatic rings. The average Bonchev–Trinajstić information content (AvgIpc) is 2.90. The topological polar surface area (TPSA) is 121 Å². The van der Waals surface area contributed by atoms with Crippen molar-refractivity contribution < 1.29 is 9.90 Å². The number of amides is 1. The number of nitrogens with one attached hydrogen (secondary N) is 2. The zero-order chi connectivity index (χ0) is 26.9. The fourth-order valence-electron chi connectivity index (χ4n) is 5.10. The molecule has 5 N–H and O–H groups in total. The van der Waals surface area contributed by atoms with Gasteiger partial charge in [-0.25, -0.2) is 4.99 Å². The second-order valence-corrected chi connectivity index (χ2v) is 10.4. The van der Waals surface area contributed by atoms with E-state index in [0.717, 1.165) is 45.4 Å². The van der Waals surface area contributed by atoms with Crippen LogP contribution in [0.2, 0.25) is 0 Å². The van der Waals surface area contributed by atoms with E-state index in [4.69, 9.17) is 22.7 Å². The first-order valence-corrected chi connectivity index (χ1v) is 13.6. The van der Waals surface area contributed by atoms with Crippen LogP contribution in [0.4, 0.5) is 0 Å². The molecule has 2 fully saturated rings. The van der Waals surface area contributed by atoms with E-state index in [2.05, 4.69) is 57.4 Å². The Kier molecular flexibility index (Phi) is 10.9. The van der Waals surface area contributed by atoms with Gasteiger partial charge in [-0.2, -0.15) is 0 Å². The lowest BCUT2D eigenvalue weighted by Crippen LogP contribution is -2.59. The molecule has 2 unspecified atom stereocenters. The van der Waals surface area contributed by atoms with Gasteiger partial charge in [0.2, 0.25) is 0 Å². The van der Waals surface area contributed by atoms with E-state index >= 15 is 0 Å². The first kappa shape index (κ1) is 29.1. The summed E-state index contributed by atoms with van der Waals surface area (Å²) in [5, 5.41) is 19.9. The van der Waals surface area contributed by atoms with Crippen molar-refractivity contribution in [2.45, 2.75) is 64.8 Å². The summed E-state index contributed by atoms with van der Waals surface area (Å²) in [7, 11) is 0. The van der Waals surface area contributed by atoms with Crippen molar-refractivity contribution >= 4 is 28.5 Å². The van der Waals surface area contributed by atoms with Crippen LogP contribution in [-0.4, -0.2) is 94.2 Å². The highest BCUT2D eigenvalue weighted by atomic mass is 35.5. The molecule has 37 heavy (non-hydrogen) atoms. The fraction of sp³-hybridized carbons (Fsp3) is 0.593. The van der Waals surface area contributed by atoms with Crippen molar-refractivity contribution in [1.29, 1.82) is 5.41 Å². The molecule has 2 atom stereocenters. The Bertz CT molecular complexity index is 974. The summed E-state index contributed by atoms with van der Waals surface area (Å²) >= 11 is 6.15. The Hall–Kier alpha value is -2.46. The Balaban J connectivity index is 1.62. The molecule has 2 saturated heterocycles. The minimum absolute atomic E-state index is 0.0183. The molecule has 2 aliphatic heterocycles. The van der Waals surface area contributed by atoms with Crippen LogP contribution in [0.5, 0.6) is 0 Å². The molecular formula is C27H42ClN7O2. The number of piperazine rings is 1. The smallest absolute Gasteiger partial charge is 0.250 e. The van der Waals surface area contributed by atoms with Crippen molar-refractivity contribution in [2.75, 3.05) is 39.3 Å².